The van der Waals surface area contributed by atoms with Crippen molar-refractivity contribution in [1.29, 1.82) is 0 Å². The third-order valence-corrected chi connectivity index (χ3v) is 2.34. The first-order valence-electron chi connectivity index (χ1n) is 4.47. The first-order valence-corrected chi connectivity index (χ1v) is 4.47. The molecule has 0 aliphatic carbocycles. The number of aromatic hydroxyl groups is 1. The van der Waals surface area contributed by atoms with Crippen LogP contribution in [0.25, 0.3) is 11.1 Å². The van der Waals surface area contributed by atoms with Crippen molar-refractivity contribution >= 4 is 5.82 Å². The normalized spacial score (nSPS) is 10.7. The lowest BCUT2D eigenvalue weighted by atomic mass is 10.1. The molecule has 1 heterocycles. The second-order valence-corrected chi connectivity index (χ2v) is 3.32. The van der Waals surface area contributed by atoms with E-state index in [0.717, 1.165) is 6.07 Å². The quantitative estimate of drug-likeness (QED) is 0.775. The molecule has 0 aliphatic heterocycles. The Morgan fingerprint density at radius 2 is 2.00 bits per heavy atom. The monoisotopic (exact) mass is 225 g/mol. The highest BCUT2D eigenvalue weighted by Crippen LogP contribution is 2.33. The van der Waals surface area contributed by atoms with Gasteiger partial charge in [0.05, 0.1) is 6.20 Å². The maximum Gasteiger partial charge on any atom is 0.188 e. The number of benzene rings is 1. The zero-order valence-corrected chi connectivity index (χ0v) is 8.41. The topological polar surface area (TPSA) is 64.1 Å². The van der Waals surface area contributed by atoms with E-state index in [2.05, 4.69) is 5.10 Å². The van der Waals surface area contributed by atoms with Crippen LogP contribution in [0.1, 0.15) is 0 Å². The summed E-state index contributed by atoms with van der Waals surface area (Å²) in [5.41, 5.74) is 5.98. The largest absolute Gasteiger partial charge is 0.503 e. The summed E-state index contributed by atoms with van der Waals surface area (Å²) in [4.78, 5) is 0. The Labute approximate surface area is 89.9 Å². The fraction of sp³-hybridized carbons (Fsp3) is 0.100. The van der Waals surface area contributed by atoms with Crippen LogP contribution in [0.15, 0.2) is 18.3 Å². The van der Waals surface area contributed by atoms with Crippen LogP contribution in [0.5, 0.6) is 5.75 Å². The molecule has 0 aliphatic rings. The second kappa shape index (κ2) is 3.48. The van der Waals surface area contributed by atoms with Gasteiger partial charge in [0.15, 0.2) is 17.4 Å². The molecule has 0 atom stereocenters. The molecule has 0 saturated carbocycles. The van der Waals surface area contributed by atoms with Gasteiger partial charge in [0.2, 0.25) is 0 Å². The molecule has 0 bridgehead atoms. The molecule has 2 rings (SSSR count). The van der Waals surface area contributed by atoms with Crippen LogP contribution >= 0.6 is 0 Å². The summed E-state index contributed by atoms with van der Waals surface area (Å²) in [6, 6.07) is 2.18. The number of nitrogens with two attached hydrogens (primary N) is 1. The lowest BCUT2D eigenvalue weighted by molar-refractivity contribution is 0.397. The van der Waals surface area contributed by atoms with Crippen molar-refractivity contribution in [3.05, 3.63) is 30.0 Å². The summed E-state index contributed by atoms with van der Waals surface area (Å²) in [7, 11) is 1.60. The Bertz CT molecular complexity index is 551. The maximum absolute atomic E-state index is 13.6. The molecular weight excluding hydrogens is 216 g/mol. The third-order valence-electron chi connectivity index (χ3n) is 2.34. The standard InChI is InChI=1S/C10H9F2N3O/c1-15-10(13)6(4-14-15)5-2-3-7(11)9(16)8(5)12/h2-4,16H,13H2,1H3. The Kier molecular flexibility index (Phi) is 2.26. The van der Waals surface area contributed by atoms with Crippen LogP contribution in [0.3, 0.4) is 0 Å². The molecule has 0 amide bonds. The van der Waals surface area contributed by atoms with Crippen molar-refractivity contribution in [3.8, 4) is 16.9 Å². The molecular formula is C10H9F2N3O. The van der Waals surface area contributed by atoms with Crippen molar-refractivity contribution in [2.45, 2.75) is 0 Å². The van der Waals surface area contributed by atoms with Crippen LogP contribution in [0.2, 0.25) is 0 Å². The van der Waals surface area contributed by atoms with Crippen molar-refractivity contribution in [2.75, 3.05) is 5.73 Å². The summed E-state index contributed by atoms with van der Waals surface area (Å²) < 4.78 is 27.8. The van der Waals surface area contributed by atoms with E-state index >= 15 is 0 Å². The van der Waals surface area contributed by atoms with Gasteiger partial charge in [0, 0.05) is 18.2 Å². The fourth-order valence-electron chi connectivity index (χ4n) is 1.40. The van der Waals surface area contributed by atoms with E-state index in [4.69, 9.17) is 10.8 Å². The number of rotatable bonds is 1. The number of aromatic nitrogens is 2. The molecule has 6 heteroatoms. The summed E-state index contributed by atoms with van der Waals surface area (Å²) in [5.74, 6) is -2.82. The second-order valence-electron chi connectivity index (χ2n) is 3.32. The molecule has 16 heavy (non-hydrogen) atoms. The van der Waals surface area contributed by atoms with Gasteiger partial charge < -0.3 is 10.8 Å². The highest BCUT2D eigenvalue weighted by Gasteiger charge is 2.17. The molecule has 3 N–H and O–H groups in total. The Morgan fingerprint density at radius 1 is 1.31 bits per heavy atom. The fourth-order valence-corrected chi connectivity index (χ4v) is 1.40. The Hall–Kier alpha value is -2.11. The average molecular weight is 225 g/mol. The summed E-state index contributed by atoms with van der Waals surface area (Å²) in [5, 5.41) is 13.0. The SMILES string of the molecule is Cn1ncc(-c2ccc(F)c(O)c2F)c1N. The van der Waals surface area contributed by atoms with Gasteiger partial charge in [0.1, 0.15) is 5.82 Å². The minimum Gasteiger partial charge on any atom is -0.503 e. The number of phenols is 1. The van der Waals surface area contributed by atoms with E-state index in [1.54, 1.807) is 7.05 Å². The van der Waals surface area contributed by atoms with Gasteiger partial charge in [-0.05, 0) is 12.1 Å². The van der Waals surface area contributed by atoms with Crippen molar-refractivity contribution < 1.29 is 13.9 Å². The first kappa shape index (κ1) is 10.4. The van der Waals surface area contributed by atoms with E-state index in [1.807, 2.05) is 0 Å². The number of aryl methyl sites for hydroxylation is 1. The smallest absolute Gasteiger partial charge is 0.188 e. The van der Waals surface area contributed by atoms with Crippen LogP contribution in [0, 0.1) is 11.6 Å². The number of phenolic OH excluding ortho intramolecular Hbond substituents is 1. The van der Waals surface area contributed by atoms with Crippen LogP contribution in [0.4, 0.5) is 14.6 Å². The average Bonchev–Trinajstić information content (AvgIpc) is 2.58. The molecule has 0 spiro atoms. The third kappa shape index (κ3) is 1.39. The minimum absolute atomic E-state index is 0.0181. The summed E-state index contributed by atoms with van der Waals surface area (Å²) in [6.45, 7) is 0. The predicted octanol–water partition coefficient (Wildman–Crippen LogP) is 1.65. The molecule has 0 unspecified atom stereocenters. The van der Waals surface area contributed by atoms with Gasteiger partial charge in [-0.2, -0.15) is 5.10 Å². The Morgan fingerprint density at radius 3 is 2.56 bits per heavy atom. The number of nitrogen functional groups attached to an aromatic ring is 1. The molecule has 4 nitrogen and oxygen atoms in total. The van der Waals surface area contributed by atoms with Crippen LogP contribution in [-0.4, -0.2) is 14.9 Å². The number of hydrogen-bond donors (Lipinski definition) is 2. The first-order chi connectivity index (χ1) is 7.52. The van der Waals surface area contributed by atoms with Crippen molar-refractivity contribution in [1.82, 2.24) is 9.78 Å². The summed E-state index contributed by atoms with van der Waals surface area (Å²) >= 11 is 0. The van der Waals surface area contributed by atoms with E-state index in [1.165, 1.54) is 16.9 Å². The van der Waals surface area contributed by atoms with Crippen LogP contribution < -0.4 is 5.73 Å². The molecule has 84 valence electrons. The zero-order chi connectivity index (χ0) is 11.9. The highest BCUT2D eigenvalue weighted by atomic mass is 19.1. The lowest BCUT2D eigenvalue weighted by Gasteiger charge is -2.04. The van der Waals surface area contributed by atoms with Gasteiger partial charge in [-0.25, -0.2) is 8.78 Å². The van der Waals surface area contributed by atoms with E-state index in [0.29, 0.717) is 5.56 Å². The molecule has 0 radical (unpaired) electrons. The number of anilines is 1. The summed E-state index contributed by atoms with van der Waals surface area (Å²) in [6.07, 6.45) is 1.35. The lowest BCUT2D eigenvalue weighted by Crippen LogP contribution is -1.98. The van der Waals surface area contributed by atoms with E-state index in [9.17, 15) is 8.78 Å². The molecule has 2 aromatic rings. The van der Waals surface area contributed by atoms with Crippen molar-refractivity contribution in [2.24, 2.45) is 7.05 Å². The van der Waals surface area contributed by atoms with Gasteiger partial charge in [-0.15, -0.1) is 0 Å². The van der Waals surface area contributed by atoms with Gasteiger partial charge in [0.25, 0.3) is 0 Å². The number of halogens is 2. The van der Waals surface area contributed by atoms with Gasteiger partial charge >= 0.3 is 0 Å². The minimum atomic E-state index is -1.04. The predicted molar refractivity (Wildman–Crippen MR) is 54.6 cm³/mol. The molecule has 0 fully saturated rings. The molecule has 1 aromatic heterocycles. The van der Waals surface area contributed by atoms with Gasteiger partial charge in [-0.3, -0.25) is 4.68 Å². The number of hydrogen-bond acceptors (Lipinski definition) is 3. The van der Waals surface area contributed by atoms with E-state index in [-0.39, 0.29) is 11.4 Å². The van der Waals surface area contributed by atoms with Crippen molar-refractivity contribution in [3.63, 3.8) is 0 Å². The van der Waals surface area contributed by atoms with E-state index < -0.39 is 17.4 Å². The van der Waals surface area contributed by atoms with Gasteiger partial charge in [-0.1, -0.05) is 0 Å². The Balaban J connectivity index is 2.66. The zero-order valence-electron chi connectivity index (χ0n) is 8.41. The molecule has 0 saturated heterocycles. The molecule has 1 aromatic carbocycles. The highest BCUT2D eigenvalue weighted by molar-refractivity contribution is 5.75. The van der Waals surface area contributed by atoms with Crippen LogP contribution in [-0.2, 0) is 7.05 Å². The maximum atomic E-state index is 13.6. The number of nitrogens with zero attached hydrogens (tertiary/aromatic N) is 2.